The first kappa shape index (κ1) is 16.1. The minimum atomic E-state index is -0.251. The molecule has 0 saturated heterocycles. The first-order valence-corrected chi connectivity index (χ1v) is 9.24. The highest BCUT2D eigenvalue weighted by atomic mass is 32.2. The number of amides is 1. The molecule has 0 bridgehead atoms. The molecule has 1 unspecified atom stereocenters. The molecule has 0 aliphatic heterocycles. The van der Waals surface area contributed by atoms with Crippen LogP contribution in [0.5, 0.6) is 0 Å². The third-order valence-electron chi connectivity index (χ3n) is 4.11. The number of nitrogens with one attached hydrogen (secondary N) is 2. The Labute approximate surface area is 148 Å². The van der Waals surface area contributed by atoms with E-state index in [0.29, 0.717) is 24.2 Å². The fourth-order valence-corrected chi connectivity index (χ4v) is 3.48. The van der Waals surface area contributed by atoms with E-state index in [9.17, 15) is 4.79 Å². The number of aromatic nitrogens is 6. The van der Waals surface area contributed by atoms with Gasteiger partial charge in [0.05, 0.1) is 22.3 Å². The highest BCUT2D eigenvalue weighted by Crippen LogP contribution is 2.37. The van der Waals surface area contributed by atoms with Crippen LogP contribution in [-0.2, 0) is 11.2 Å². The number of carbonyl (C=O) groups is 1. The van der Waals surface area contributed by atoms with E-state index in [4.69, 9.17) is 0 Å². The van der Waals surface area contributed by atoms with E-state index in [1.807, 2.05) is 35.9 Å². The summed E-state index contributed by atoms with van der Waals surface area (Å²) in [7, 11) is 0. The van der Waals surface area contributed by atoms with Crippen LogP contribution < -0.4 is 5.32 Å². The summed E-state index contributed by atoms with van der Waals surface area (Å²) < 4.78 is 1.82. The molecule has 0 radical (unpaired) electrons. The molecule has 0 spiro atoms. The number of para-hydroxylation sites is 2. The Balaban J connectivity index is 1.28. The lowest BCUT2D eigenvalue weighted by molar-refractivity contribution is -0.120. The second kappa shape index (κ2) is 6.83. The van der Waals surface area contributed by atoms with Crippen molar-refractivity contribution in [2.75, 3.05) is 6.54 Å². The third-order valence-corrected chi connectivity index (χ3v) is 5.15. The van der Waals surface area contributed by atoms with Crippen LogP contribution in [0.3, 0.4) is 0 Å². The summed E-state index contributed by atoms with van der Waals surface area (Å²) in [5.41, 5.74) is 1.96. The maximum Gasteiger partial charge on any atom is 0.233 e. The van der Waals surface area contributed by atoms with Crippen LogP contribution in [0.1, 0.15) is 31.6 Å². The Hall–Kier alpha value is -2.42. The molecular weight excluding hydrogens is 338 g/mol. The minimum Gasteiger partial charge on any atom is -0.355 e. The highest BCUT2D eigenvalue weighted by Gasteiger charge is 2.29. The van der Waals surface area contributed by atoms with E-state index in [0.717, 1.165) is 29.7 Å². The van der Waals surface area contributed by atoms with Gasteiger partial charge in [-0.15, -0.1) is 5.10 Å². The first-order chi connectivity index (χ1) is 12.2. The standard InChI is InChI=1S/C16H19N7OS/c1-10(25-16-20-21-22-23(16)11-6-7-11)15(24)17-9-8-14-18-12-4-2-3-5-13(12)19-14/h2-5,10-11H,6-9H2,1H3,(H,17,24)(H,18,19). The number of tetrazole rings is 1. The molecule has 1 atom stereocenters. The number of thioether (sulfide) groups is 1. The average molecular weight is 357 g/mol. The van der Waals surface area contributed by atoms with Crippen molar-refractivity contribution in [3.63, 3.8) is 0 Å². The predicted molar refractivity (Wildman–Crippen MR) is 94.2 cm³/mol. The second-order valence-corrected chi connectivity index (χ2v) is 7.45. The molecule has 2 aromatic heterocycles. The van der Waals surface area contributed by atoms with Gasteiger partial charge < -0.3 is 10.3 Å². The van der Waals surface area contributed by atoms with Crippen molar-refractivity contribution in [2.24, 2.45) is 0 Å². The van der Waals surface area contributed by atoms with E-state index in [-0.39, 0.29) is 11.2 Å². The molecule has 1 aliphatic rings. The summed E-state index contributed by atoms with van der Waals surface area (Å²) in [6.07, 6.45) is 2.88. The third kappa shape index (κ3) is 3.65. The molecule has 1 fully saturated rings. The maximum absolute atomic E-state index is 12.3. The smallest absolute Gasteiger partial charge is 0.233 e. The number of aromatic amines is 1. The van der Waals surface area contributed by atoms with Crippen molar-refractivity contribution in [1.82, 2.24) is 35.5 Å². The molecule has 2 N–H and O–H groups in total. The van der Waals surface area contributed by atoms with Crippen LogP contribution in [0.4, 0.5) is 0 Å². The fourth-order valence-electron chi connectivity index (χ4n) is 2.59. The Morgan fingerprint density at radius 2 is 2.28 bits per heavy atom. The van der Waals surface area contributed by atoms with Gasteiger partial charge >= 0.3 is 0 Å². The van der Waals surface area contributed by atoms with Gasteiger partial charge in [-0.05, 0) is 42.3 Å². The molecule has 3 aromatic rings. The first-order valence-electron chi connectivity index (χ1n) is 8.36. The van der Waals surface area contributed by atoms with E-state index in [1.165, 1.54) is 11.8 Å². The number of hydrogen-bond donors (Lipinski definition) is 2. The van der Waals surface area contributed by atoms with Gasteiger partial charge in [-0.25, -0.2) is 9.67 Å². The van der Waals surface area contributed by atoms with Crippen molar-refractivity contribution >= 4 is 28.7 Å². The number of carbonyl (C=O) groups excluding carboxylic acids is 1. The SMILES string of the molecule is CC(Sc1nnnn1C1CC1)C(=O)NCCc1nc2ccccc2[nH]1. The van der Waals surface area contributed by atoms with Crippen molar-refractivity contribution in [3.8, 4) is 0 Å². The summed E-state index contributed by atoms with van der Waals surface area (Å²) in [5.74, 6) is 0.853. The summed E-state index contributed by atoms with van der Waals surface area (Å²) in [6, 6.07) is 8.30. The summed E-state index contributed by atoms with van der Waals surface area (Å²) in [4.78, 5) is 20.1. The van der Waals surface area contributed by atoms with E-state index in [1.54, 1.807) is 0 Å². The highest BCUT2D eigenvalue weighted by molar-refractivity contribution is 8.00. The molecule has 1 saturated carbocycles. The van der Waals surface area contributed by atoms with Crippen LogP contribution in [-0.4, -0.2) is 47.9 Å². The Morgan fingerprint density at radius 3 is 3.08 bits per heavy atom. The molecule has 25 heavy (non-hydrogen) atoms. The van der Waals surface area contributed by atoms with E-state index in [2.05, 4.69) is 30.8 Å². The summed E-state index contributed by atoms with van der Waals surface area (Å²) in [5, 5.41) is 15.2. The number of nitrogens with zero attached hydrogens (tertiary/aromatic N) is 5. The molecule has 8 nitrogen and oxygen atoms in total. The average Bonchev–Trinajstić information content (AvgIpc) is 3.20. The number of imidazole rings is 1. The van der Waals surface area contributed by atoms with Gasteiger partial charge in [0.15, 0.2) is 0 Å². The normalized spacial score (nSPS) is 15.4. The minimum absolute atomic E-state index is 0.0218. The van der Waals surface area contributed by atoms with Gasteiger partial charge in [0.25, 0.3) is 0 Å². The van der Waals surface area contributed by atoms with Crippen molar-refractivity contribution in [1.29, 1.82) is 0 Å². The maximum atomic E-state index is 12.3. The molecule has 2 heterocycles. The van der Waals surface area contributed by atoms with Crippen molar-refractivity contribution in [3.05, 3.63) is 30.1 Å². The number of fused-ring (bicyclic) bond motifs is 1. The lowest BCUT2D eigenvalue weighted by Crippen LogP contribution is -2.32. The summed E-state index contributed by atoms with van der Waals surface area (Å²) in [6.45, 7) is 2.41. The Kier molecular flexibility index (Phi) is 4.39. The predicted octanol–water partition coefficient (Wildman–Crippen LogP) is 1.72. The van der Waals surface area contributed by atoms with Crippen LogP contribution in [0.15, 0.2) is 29.4 Å². The Bertz CT molecular complexity index is 852. The molecule has 9 heteroatoms. The van der Waals surface area contributed by atoms with Gasteiger partial charge in [-0.3, -0.25) is 4.79 Å². The molecule has 1 aliphatic carbocycles. The van der Waals surface area contributed by atoms with Crippen LogP contribution in [0.25, 0.3) is 11.0 Å². The van der Waals surface area contributed by atoms with Crippen LogP contribution >= 0.6 is 11.8 Å². The monoisotopic (exact) mass is 357 g/mol. The quantitative estimate of drug-likeness (QED) is 0.625. The van der Waals surface area contributed by atoms with Gasteiger partial charge in [-0.1, -0.05) is 23.9 Å². The van der Waals surface area contributed by atoms with Gasteiger partial charge in [0.2, 0.25) is 11.1 Å². The number of rotatable bonds is 7. The van der Waals surface area contributed by atoms with Crippen molar-refractivity contribution in [2.45, 2.75) is 42.6 Å². The zero-order valence-electron chi connectivity index (χ0n) is 13.8. The van der Waals surface area contributed by atoms with E-state index < -0.39 is 0 Å². The van der Waals surface area contributed by atoms with Gasteiger partial charge in [-0.2, -0.15) is 0 Å². The molecular formula is C16H19N7OS. The van der Waals surface area contributed by atoms with Crippen LogP contribution in [0, 0.1) is 0 Å². The van der Waals surface area contributed by atoms with E-state index >= 15 is 0 Å². The molecule has 130 valence electrons. The number of H-pyrrole nitrogens is 1. The van der Waals surface area contributed by atoms with Gasteiger partial charge in [0, 0.05) is 13.0 Å². The largest absolute Gasteiger partial charge is 0.355 e. The van der Waals surface area contributed by atoms with Gasteiger partial charge in [0.1, 0.15) is 5.82 Å². The fraction of sp³-hybridized carbons (Fsp3) is 0.438. The zero-order valence-corrected chi connectivity index (χ0v) is 14.7. The zero-order chi connectivity index (χ0) is 17.2. The molecule has 1 amide bonds. The molecule has 4 rings (SSSR count). The lowest BCUT2D eigenvalue weighted by Gasteiger charge is -2.11. The number of benzene rings is 1. The topological polar surface area (TPSA) is 101 Å². The number of hydrogen-bond acceptors (Lipinski definition) is 6. The van der Waals surface area contributed by atoms with Crippen LogP contribution in [0.2, 0.25) is 0 Å². The lowest BCUT2D eigenvalue weighted by atomic mass is 10.3. The summed E-state index contributed by atoms with van der Waals surface area (Å²) >= 11 is 1.39. The van der Waals surface area contributed by atoms with Crippen molar-refractivity contribution < 1.29 is 4.79 Å². The Morgan fingerprint density at radius 1 is 1.44 bits per heavy atom. The second-order valence-electron chi connectivity index (χ2n) is 6.14. The molecule has 1 aromatic carbocycles.